The fourth-order valence-corrected chi connectivity index (χ4v) is 2.83. The first kappa shape index (κ1) is 16.3. The lowest BCUT2D eigenvalue weighted by atomic mass is 10.1. The highest BCUT2D eigenvalue weighted by atomic mass is 16.2. The predicted molar refractivity (Wildman–Crippen MR) is 87.5 cm³/mol. The number of benzene rings is 1. The van der Waals surface area contributed by atoms with Crippen LogP contribution in [0, 0.1) is 5.92 Å². The van der Waals surface area contributed by atoms with Gasteiger partial charge in [0.25, 0.3) is 0 Å². The van der Waals surface area contributed by atoms with Crippen molar-refractivity contribution in [3.05, 3.63) is 29.8 Å². The van der Waals surface area contributed by atoms with Crippen LogP contribution in [0.2, 0.25) is 0 Å². The number of carbonyl (C=O) groups is 2. The van der Waals surface area contributed by atoms with Crippen molar-refractivity contribution in [3.63, 3.8) is 0 Å². The van der Waals surface area contributed by atoms with Crippen molar-refractivity contribution >= 4 is 17.6 Å². The van der Waals surface area contributed by atoms with Crippen LogP contribution >= 0.6 is 0 Å². The number of urea groups is 1. The standard InChI is InChI=1S/C17H25N3O2/c1-12-6-4-9-16(12)19-17(22)18-15-8-5-7-14(10-15)11-20(3)13(2)21/h5,7-8,10,12,16H,4,6,9,11H2,1-3H3,(H2,18,19,22). The van der Waals surface area contributed by atoms with E-state index in [-0.39, 0.29) is 18.0 Å². The summed E-state index contributed by atoms with van der Waals surface area (Å²) in [5.74, 6) is 0.563. The molecule has 0 saturated heterocycles. The Morgan fingerprint density at radius 3 is 2.73 bits per heavy atom. The molecule has 0 heterocycles. The van der Waals surface area contributed by atoms with Crippen LogP contribution in [-0.2, 0) is 11.3 Å². The lowest BCUT2D eigenvalue weighted by molar-refractivity contribution is -0.128. The van der Waals surface area contributed by atoms with Gasteiger partial charge < -0.3 is 15.5 Å². The number of hydrogen-bond donors (Lipinski definition) is 2. The first-order valence-electron chi connectivity index (χ1n) is 7.84. The number of nitrogens with one attached hydrogen (secondary N) is 2. The number of anilines is 1. The lowest BCUT2D eigenvalue weighted by Gasteiger charge is -2.18. The molecule has 0 bridgehead atoms. The molecule has 2 rings (SSSR count). The summed E-state index contributed by atoms with van der Waals surface area (Å²) in [6.45, 7) is 4.25. The Kier molecular flexibility index (Phi) is 5.41. The molecule has 1 aromatic rings. The van der Waals surface area contributed by atoms with Gasteiger partial charge in [0.05, 0.1) is 0 Å². The molecule has 0 radical (unpaired) electrons. The molecule has 1 aromatic carbocycles. The van der Waals surface area contributed by atoms with Crippen LogP contribution in [0.5, 0.6) is 0 Å². The maximum atomic E-state index is 12.1. The summed E-state index contributed by atoms with van der Waals surface area (Å²) in [4.78, 5) is 25.0. The number of amides is 3. The Morgan fingerprint density at radius 1 is 1.32 bits per heavy atom. The van der Waals surface area contributed by atoms with Crippen molar-refractivity contribution in [3.8, 4) is 0 Å². The maximum Gasteiger partial charge on any atom is 0.319 e. The molecule has 2 atom stereocenters. The summed E-state index contributed by atoms with van der Waals surface area (Å²) < 4.78 is 0. The van der Waals surface area contributed by atoms with E-state index >= 15 is 0 Å². The quantitative estimate of drug-likeness (QED) is 0.898. The number of carbonyl (C=O) groups excluding carboxylic acids is 2. The highest BCUT2D eigenvalue weighted by Crippen LogP contribution is 2.24. The molecule has 5 heteroatoms. The molecule has 0 aromatic heterocycles. The van der Waals surface area contributed by atoms with E-state index in [2.05, 4.69) is 17.6 Å². The van der Waals surface area contributed by atoms with Crippen molar-refractivity contribution in [2.45, 2.75) is 45.7 Å². The molecule has 5 nitrogen and oxygen atoms in total. The molecular formula is C17H25N3O2. The third kappa shape index (κ3) is 4.48. The third-order valence-corrected chi connectivity index (χ3v) is 4.32. The van der Waals surface area contributed by atoms with Gasteiger partial charge in [0.1, 0.15) is 0 Å². The van der Waals surface area contributed by atoms with Gasteiger partial charge in [-0.05, 0) is 36.5 Å². The van der Waals surface area contributed by atoms with E-state index < -0.39 is 0 Å². The van der Waals surface area contributed by atoms with E-state index in [1.807, 2.05) is 24.3 Å². The molecule has 3 amide bonds. The minimum absolute atomic E-state index is 0.0197. The van der Waals surface area contributed by atoms with E-state index in [1.165, 1.54) is 19.8 Å². The molecule has 1 aliphatic carbocycles. The summed E-state index contributed by atoms with van der Waals surface area (Å²) in [5, 5.41) is 5.92. The van der Waals surface area contributed by atoms with Gasteiger partial charge in [0.15, 0.2) is 0 Å². The van der Waals surface area contributed by atoms with E-state index in [4.69, 9.17) is 0 Å². The average molecular weight is 303 g/mol. The van der Waals surface area contributed by atoms with Gasteiger partial charge in [0, 0.05) is 32.2 Å². The first-order valence-corrected chi connectivity index (χ1v) is 7.84. The summed E-state index contributed by atoms with van der Waals surface area (Å²) in [6, 6.07) is 7.70. The van der Waals surface area contributed by atoms with Gasteiger partial charge >= 0.3 is 6.03 Å². The summed E-state index contributed by atoms with van der Waals surface area (Å²) in [7, 11) is 1.76. The van der Waals surface area contributed by atoms with Gasteiger partial charge in [-0.15, -0.1) is 0 Å². The molecule has 1 fully saturated rings. The molecule has 2 unspecified atom stereocenters. The van der Waals surface area contributed by atoms with Crippen molar-refractivity contribution < 1.29 is 9.59 Å². The monoisotopic (exact) mass is 303 g/mol. The van der Waals surface area contributed by atoms with E-state index in [1.54, 1.807) is 11.9 Å². The second-order valence-electron chi connectivity index (χ2n) is 6.19. The molecule has 1 saturated carbocycles. The second kappa shape index (κ2) is 7.29. The zero-order valence-corrected chi connectivity index (χ0v) is 13.6. The molecule has 120 valence electrons. The van der Waals surface area contributed by atoms with Crippen molar-refractivity contribution in [2.75, 3.05) is 12.4 Å². The summed E-state index contributed by atoms with van der Waals surface area (Å²) >= 11 is 0. The van der Waals surface area contributed by atoms with E-state index in [0.717, 1.165) is 17.7 Å². The highest BCUT2D eigenvalue weighted by Gasteiger charge is 2.24. The van der Waals surface area contributed by atoms with Crippen LogP contribution in [0.15, 0.2) is 24.3 Å². The topological polar surface area (TPSA) is 61.4 Å². The van der Waals surface area contributed by atoms with Crippen molar-refractivity contribution in [1.82, 2.24) is 10.2 Å². The summed E-state index contributed by atoms with van der Waals surface area (Å²) in [5.41, 5.74) is 1.74. The number of hydrogen-bond acceptors (Lipinski definition) is 2. The predicted octanol–water partition coefficient (Wildman–Crippen LogP) is 2.98. The second-order valence-corrected chi connectivity index (χ2v) is 6.19. The Labute approximate surface area is 132 Å². The van der Waals surface area contributed by atoms with Gasteiger partial charge in [-0.25, -0.2) is 4.79 Å². The van der Waals surface area contributed by atoms with Crippen LogP contribution in [0.25, 0.3) is 0 Å². The van der Waals surface area contributed by atoms with E-state index in [0.29, 0.717) is 12.5 Å². The SMILES string of the molecule is CC(=O)N(C)Cc1cccc(NC(=O)NC2CCCC2C)c1. The van der Waals surface area contributed by atoms with Crippen LogP contribution < -0.4 is 10.6 Å². The number of rotatable bonds is 4. The Hall–Kier alpha value is -2.04. The Balaban J connectivity index is 1.92. The molecule has 0 spiro atoms. The minimum atomic E-state index is -0.157. The van der Waals surface area contributed by atoms with Crippen LogP contribution in [0.1, 0.15) is 38.7 Å². The van der Waals surface area contributed by atoms with Gasteiger partial charge in [-0.3, -0.25) is 4.79 Å². The number of nitrogens with zero attached hydrogens (tertiary/aromatic N) is 1. The molecule has 2 N–H and O–H groups in total. The molecule has 22 heavy (non-hydrogen) atoms. The average Bonchev–Trinajstić information content (AvgIpc) is 2.84. The van der Waals surface area contributed by atoms with Crippen molar-refractivity contribution in [1.29, 1.82) is 0 Å². The van der Waals surface area contributed by atoms with Crippen molar-refractivity contribution in [2.24, 2.45) is 5.92 Å². The Bertz CT molecular complexity index is 544. The third-order valence-electron chi connectivity index (χ3n) is 4.32. The fourth-order valence-electron chi connectivity index (χ4n) is 2.83. The van der Waals surface area contributed by atoms with Gasteiger partial charge in [-0.2, -0.15) is 0 Å². The zero-order chi connectivity index (χ0) is 16.1. The fraction of sp³-hybridized carbons (Fsp3) is 0.529. The van der Waals surface area contributed by atoms with Crippen LogP contribution in [-0.4, -0.2) is 29.9 Å². The lowest BCUT2D eigenvalue weighted by Crippen LogP contribution is -2.39. The minimum Gasteiger partial charge on any atom is -0.342 e. The molecule has 0 aliphatic heterocycles. The largest absolute Gasteiger partial charge is 0.342 e. The smallest absolute Gasteiger partial charge is 0.319 e. The van der Waals surface area contributed by atoms with Gasteiger partial charge in [-0.1, -0.05) is 25.5 Å². The maximum absolute atomic E-state index is 12.1. The molecular weight excluding hydrogens is 278 g/mol. The first-order chi connectivity index (χ1) is 10.5. The van der Waals surface area contributed by atoms with Crippen LogP contribution in [0.4, 0.5) is 10.5 Å². The van der Waals surface area contributed by atoms with Gasteiger partial charge in [0.2, 0.25) is 5.91 Å². The Morgan fingerprint density at radius 2 is 2.09 bits per heavy atom. The zero-order valence-electron chi connectivity index (χ0n) is 13.6. The van der Waals surface area contributed by atoms with Crippen LogP contribution in [0.3, 0.4) is 0 Å². The molecule has 1 aliphatic rings. The highest BCUT2D eigenvalue weighted by molar-refractivity contribution is 5.89. The van der Waals surface area contributed by atoms with E-state index in [9.17, 15) is 9.59 Å². The normalized spacial score (nSPS) is 20.5. The summed E-state index contributed by atoms with van der Waals surface area (Å²) in [6.07, 6.45) is 3.41.